The van der Waals surface area contributed by atoms with Gasteiger partial charge in [0.2, 0.25) is 5.91 Å². The van der Waals surface area contributed by atoms with Crippen LogP contribution in [0.1, 0.15) is 56.6 Å². The molecule has 3 rings (SSSR count). The van der Waals surface area contributed by atoms with Crippen molar-refractivity contribution < 1.29 is 14.3 Å². The average Bonchev–Trinajstić information content (AvgIpc) is 3.08. The Morgan fingerprint density at radius 1 is 1.13 bits per heavy atom. The first-order valence-electron chi connectivity index (χ1n) is 8.85. The standard InChI is InChI=1S/C19H26FNO2/c20-17-7-5-15(6-8-17)19(23)16-9-11-21(12-10-16)18(22)13-14-3-1-2-4-14/h5-8,14,16,19,23H,1-4,9-13H2. The first-order chi connectivity index (χ1) is 11.1. The molecule has 1 aromatic rings. The zero-order chi connectivity index (χ0) is 16.2. The predicted molar refractivity (Wildman–Crippen MR) is 87.2 cm³/mol. The Balaban J connectivity index is 1.49. The fourth-order valence-corrected chi connectivity index (χ4v) is 3.99. The largest absolute Gasteiger partial charge is 0.388 e. The number of aliphatic hydroxyl groups is 1. The van der Waals surface area contributed by atoms with Crippen LogP contribution < -0.4 is 0 Å². The fraction of sp³-hybridized carbons (Fsp3) is 0.632. The van der Waals surface area contributed by atoms with Gasteiger partial charge in [0, 0.05) is 19.5 Å². The van der Waals surface area contributed by atoms with Crippen LogP contribution >= 0.6 is 0 Å². The van der Waals surface area contributed by atoms with E-state index in [1.54, 1.807) is 12.1 Å². The number of rotatable bonds is 4. The quantitative estimate of drug-likeness (QED) is 0.920. The van der Waals surface area contributed by atoms with Gasteiger partial charge in [-0.05, 0) is 55.2 Å². The molecule has 1 N–H and O–H groups in total. The van der Waals surface area contributed by atoms with Crippen molar-refractivity contribution >= 4 is 5.91 Å². The second kappa shape index (κ2) is 7.43. The lowest BCUT2D eigenvalue weighted by Crippen LogP contribution is -2.40. The zero-order valence-corrected chi connectivity index (χ0v) is 13.6. The van der Waals surface area contributed by atoms with E-state index >= 15 is 0 Å². The lowest BCUT2D eigenvalue weighted by Gasteiger charge is -2.35. The molecule has 1 amide bonds. The summed E-state index contributed by atoms with van der Waals surface area (Å²) < 4.78 is 13.0. The first kappa shape index (κ1) is 16.4. The summed E-state index contributed by atoms with van der Waals surface area (Å²) in [5.41, 5.74) is 0.766. The molecule has 1 aliphatic carbocycles. The van der Waals surface area contributed by atoms with E-state index in [1.165, 1.54) is 37.8 Å². The molecule has 1 heterocycles. The number of amides is 1. The van der Waals surface area contributed by atoms with E-state index in [1.807, 2.05) is 4.90 Å². The third-order valence-corrected chi connectivity index (χ3v) is 5.49. The smallest absolute Gasteiger partial charge is 0.222 e. The van der Waals surface area contributed by atoms with E-state index in [4.69, 9.17) is 0 Å². The molecule has 1 aromatic carbocycles. The molecule has 4 heteroatoms. The Bertz CT molecular complexity index is 517. The minimum atomic E-state index is -0.567. The van der Waals surface area contributed by atoms with Gasteiger partial charge in [-0.1, -0.05) is 25.0 Å². The lowest BCUT2D eigenvalue weighted by molar-refractivity contribution is -0.134. The highest BCUT2D eigenvalue weighted by Gasteiger charge is 2.29. The molecule has 1 unspecified atom stereocenters. The van der Waals surface area contributed by atoms with Gasteiger partial charge in [-0.25, -0.2) is 4.39 Å². The van der Waals surface area contributed by atoms with Crippen molar-refractivity contribution in [2.75, 3.05) is 13.1 Å². The average molecular weight is 319 g/mol. The van der Waals surface area contributed by atoms with E-state index < -0.39 is 6.10 Å². The topological polar surface area (TPSA) is 40.5 Å². The Hall–Kier alpha value is -1.42. The summed E-state index contributed by atoms with van der Waals surface area (Å²) in [4.78, 5) is 14.3. The van der Waals surface area contributed by atoms with E-state index in [0.717, 1.165) is 31.5 Å². The minimum Gasteiger partial charge on any atom is -0.388 e. The van der Waals surface area contributed by atoms with Gasteiger partial charge >= 0.3 is 0 Å². The highest BCUT2D eigenvalue weighted by Crippen LogP contribution is 2.32. The highest BCUT2D eigenvalue weighted by molar-refractivity contribution is 5.76. The van der Waals surface area contributed by atoms with Gasteiger partial charge in [-0.3, -0.25) is 4.79 Å². The van der Waals surface area contributed by atoms with Gasteiger partial charge in [-0.2, -0.15) is 0 Å². The molecular formula is C19H26FNO2. The summed E-state index contributed by atoms with van der Waals surface area (Å²) in [7, 11) is 0. The fourth-order valence-electron chi connectivity index (χ4n) is 3.99. The molecule has 0 bridgehead atoms. The van der Waals surface area contributed by atoms with Crippen LogP contribution in [0.5, 0.6) is 0 Å². The zero-order valence-electron chi connectivity index (χ0n) is 13.6. The van der Waals surface area contributed by atoms with Gasteiger partial charge in [0.15, 0.2) is 0 Å². The number of piperidine rings is 1. The van der Waals surface area contributed by atoms with Crippen molar-refractivity contribution in [2.24, 2.45) is 11.8 Å². The molecule has 2 aliphatic rings. The molecular weight excluding hydrogens is 293 g/mol. The van der Waals surface area contributed by atoms with Crippen LogP contribution in [0.3, 0.4) is 0 Å². The maximum atomic E-state index is 13.0. The third-order valence-electron chi connectivity index (χ3n) is 5.49. The summed E-state index contributed by atoms with van der Waals surface area (Å²) in [5, 5.41) is 10.5. The van der Waals surface area contributed by atoms with E-state index in [0.29, 0.717) is 12.3 Å². The van der Waals surface area contributed by atoms with Gasteiger partial charge in [-0.15, -0.1) is 0 Å². The number of hydrogen-bond acceptors (Lipinski definition) is 2. The van der Waals surface area contributed by atoms with E-state index in [2.05, 4.69) is 0 Å². The molecule has 2 fully saturated rings. The van der Waals surface area contributed by atoms with Crippen LogP contribution in [0.2, 0.25) is 0 Å². The summed E-state index contributed by atoms with van der Waals surface area (Å²) >= 11 is 0. The maximum Gasteiger partial charge on any atom is 0.222 e. The predicted octanol–water partition coefficient (Wildman–Crippen LogP) is 3.68. The van der Waals surface area contributed by atoms with Crippen molar-refractivity contribution in [1.29, 1.82) is 0 Å². The maximum absolute atomic E-state index is 13.0. The summed E-state index contributed by atoms with van der Waals surface area (Å²) in [6, 6.07) is 6.08. The van der Waals surface area contributed by atoms with Crippen LogP contribution in [0.15, 0.2) is 24.3 Å². The summed E-state index contributed by atoms with van der Waals surface area (Å²) in [6.45, 7) is 1.46. The molecule has 1 atom stereocenters. The van der Waals surface area contributed by atoms with Gasteiger partial charge in [0.25, 0.3) is 0 Å². The SMILES string of the molecule is O=C(CC1CCCC1)N1CCC(C(O)c2ccc(F)cc2)CC1. The van der Waals surface area contributed by atoms with Crippen molar-refractivity contribution in [3.63, 3.8) is 0 Å². The second-order valence-electron chi connectivity index (χ2n) is 7.07. The number of hydrogen-bond donors (Lipinski definition) is 1. The molecule has 1 aliphatic heterocycles. The summed E-state index contributed by atoms with van der Waals surface area (Å²) in [5.74, 6) is 0.737. The van der Waals surface area contributed by atoms with Crippen LogP contribution in [-0.4, -0.2) is 29.0 Å². The molecule has 0 spiro atoms. The van der Waals surface area contributed by atoms with Crippen molar-refractivity contribution in [3.8, 4) is 0 Å². The second-order valence-corrected chi connectivity index (χ2v) is 7.07. The van der Waals surface area contributed by atoms with Gasteiger partial charge in [0.05, 0.1) is 6.10 Å². The Morgan fingerprint density at radius 2 is 1.74 bits per heavy atom. The molecule has 0 radical (unpaired) electrons. The number of nitrogens with zero attached hydrogens (tertiary/aromatic N) is 1. The molecule has 23 heavy (non-hydrogen) atoms. The molecule has 0 aromatic heterocycles. The minimum absolute atomic E-state index is 0.149. The number of aliphatic hydroxyl groups excluding tert-OH is 1. The number of likely N-dealkylation sites (tertiary alicyclic amines) is 1. The number of carbonyl (C=O) groups is 1. The monoisotopic (exact) mass is 319 g/mol. The van der Waals surface area contributed by atoms with Crippen molar-refractivity contribution in [1.82, 2.24) is 4.90 Å². The van der Waals surface area contributed by atoms with Crippen LogP contribution in [0.25, 0.3) is 0 Å². The normalized spacial score (nSPS) is 21.6. The Labute approximate surface area is 137 Å². The molecule has 3 nitrogen and oxygen atoms in total. The van der Waals surface area contributed by atoms with Crippen LogP contribution in [-0.2, 0) is 4.79 Å². The number of carbonyl (C=O) groups excluding carboxylic acids is 1. The molecule has 1 saturated heterocycles. The van der Waals surface area contributed by atoms with Crippen LogP contribution in [0, 0.1) is 17.7 Å². The first-order valence-corrected chi connectivity index (χ1v) is 8.85. The third kappa shape index (κ3) is 4.11. The van der Waals surface area contributed by atoms with E-state index in [9.17, 15) is 14.3 Å². The number of benzene rings is 1. The Morgan fingerprint density at radius 3 is 2.35 bits per heavy atom. The van der Waals surface area contributed by atoms with E-state index in [-0.39, 0.29) is 17.6 Å². The van der Waals surface area contributed by atoms with Gasteiger partial charge in [0.1, 0.15) is 5.82 Å². The molecule has 126 valence electrons. The summed E-state index contributed by atoms with van der Waals surface area (Å²) in [6.07, 6.45) is 6.70. The van der Waals surface area contributed by atoms with Crippen molar-refractivity contribution in [3.05, 3.63) is 35.6 Å². The Kier molecular flexibility index (Phi) is 5.31. The van der Waals surface area contributed by atoms with Crippen molar-refractivity contribution in [2.45, 2.75) is 51.0 Å². The lowest BCUT2D eigenvalue weighted by atomic mass is 9.87. The highest BCUT2D eigenvalue weighted by atomic mass is 19.1. The van der Waals surface area contributed by atoms with Gasteiger partial charge < -0.3 is 10.0 Å². The van der Waals surface area contributed by atoms with Crippen LogP contribution in [0.4, 0.5) is 4.39 Å². The number of halogens is 1. The molecule has 1 saturated carbocycles.